The average Bonchev–Trinajstić information content (AvgIpc) is 2.51. The lowest BCUT2D eigenvalue weighted by Gasteiger charge is -2.07. The second-order valence-electron chi connectivity index (χ2n) is 5.19. The van der Waals surface area contributed by atoms with Crippen molar-refractivity contribution in [2.75, 3.05) is 0 Å². The Morgan fingerprint density at radius 2 is 1.67 bits per heavy atom. The predicted octanol–water partition coefficient (Wildman–Crippen LogP) is 4.98. The van der Waals surface area contributed by atoms with Crippen LogP contribution in [0.2, 0.25) is 10.0 Å². The molecule has 0 aliphatic heterocycles. The standard InChI is InChI=1S/C18H16Cl2O4/c1-12-8-9-15(20)16(10-12)24-18(22)7-3-6-17(21)23-14-5-2-4-13(19)11-14/h2,4-5,8-11H,3,6-7H2,1H3. The molecule has 0 aliphatic rings. The van der Waals surface area contributed by atoms with Crippen molar-refractivity contribution < 1.29 is 19.1 Å². The van der Waals surface area contributed by atoms with Gasteiger partial charge in [0, 0.05) is 17.9 Å². The number of esters is 2. The minimum absolute atomic E-state index is 0.0922. The van der Waals surface area contributed by atoms with Crippen LogP contribution in [0.5, 0.6) is 11.5 Å². The first-order valence-corrected chi connectivity index (χ1v) is 8.13. The molecule has 0 heterocycles. The van der Waals surface area contributed by atoms with Gasteiger partial charge in [-0.25, -0.2) is 0 Å². The molecule has 24 heavy (non-hydrogen) atoms. The molecule has 6 heteroatoms. The van der Waals surface area contributed by atoms with Gasteiger partial charge in [0.15, 0.2) is 0 Å². The molecule has 0 N–H and O–H groups in total. The smallest absolute Gasteiger partial charge is 0.311 e. The van der Waals surface area contributed by atoms with Crippen LogP contribution < -0.4 is 9.47 Å². The largest absolute Gasteiger partial charge is 0.426 e. The van der Waals surface area contributed by atoms with E-state index in [0.717, 1.165) is 5.56 Å². The Labute approximate surface area is 150 Å². The Morgan fingerprint density at radius 1 is 0.958 bits per heavy atom. The zero-order chi connectivity index (χ0) is 17.5. The Bertz CT molecular complexity index is 744. The number of rotatable bonds is 6. The summed E-state index contributed by atoms with van der Waals surface area (Å²) in [7, 11) is 0. The lowest BCUT2D eigenvalue weighted by atomic mass is 10.2. The summed E-state index contributed by atoms with van der Waals surface area (Å²) >= 11 is 11.8. The van der Waals surface area contributed by atoms with Crippen molar-refractivity contribution in [2.45, 2.75) is 26.2 Å². The quantitative estimate of drug-likeness (QED) is 0.534. The highest BCUT2D eigenvalue weighted by atomic mass is 35.5. The molecule has 0 saturated heterocycles. The molecule has 0 radical (unpaired) electrons. The molecule has 0 unspecified atom stereocenters. The third kappa shape index (κ3) is 5.87. The van der Waals surface area contributed by atoms with E-state index >= 15 is 0 Å². The normalized spacial score (nSPS) is 10.3. The third-order valence-electron chi connectivity index (χ3n) is 3.10. The van der Waals surface area contributed by atoms with Crippen LogP contribution in [-0.2, 0) is 9.59 Å². The molecule has 0 spiro atoms. The third-order valence-corrected chi connectivity index (χ3v) is 3.65. The fraction of sp³-hybridized carbons (Fsp3) is 0.222. The van der Waals surface area contributed by atoms with Crippen LogP contribution in [0.25, 0.3) is 0 Å². The first kappa shape index (κ1) is 18.3. The van der Waals surface area contributed by atoms with Crippen molar-refractivity contribution in [3.05, 3.63) is 58.1 Å². The number of benzene rings is 2. The van der Waals surface area contributed by atoms with Crippen LogP contribution in [0.4, 0.5) is 0 Å². The molecule has 0 aliphatic carbocycles. The first-order valence-electron chi connectivity index (χ1n) is 7.37. The van der Waals surface area contributed by atoms with Gasteiger partial charge in [-0.15, -0.1) is 0 Å². The van der Waals surface area contributed by atoms with E-state index in [9.17, 15) is 9.59 Å². The number of halogens is 2. The van der Waals surface area contributed by atoms with Gasteiger partial charge in [0.25, 0.3) is 0 Å². The Morgan fingerprint density at radius 3 is 2.38 bits per heavy atom. The average molecular weight is 367 g/mol. The summed E-state index contributed by atoms with van der Waals surface area (Å²) in [6.45, 7) is 1.87. The van der Waals surface area contributed by atoms with E-state index < -0.39 is 11.9 Å². The summed E-state index contributed by atoms with van der Waals surface area (Å²) in [5.41, 5.74) is 0.937. The zero-order valence-corrected chi connectivity index (χ0v) is 14.6. The van der Waals surface area contributed by atoms with Crippen molar-refractivity contribution in [1.29, 1.82) is 0 Å². The molecule has 0 aromatic heterocycles. The topological polar surface area (TPSA) is 52.6 Å². The zero-order valence-electron chi connectivity index (χ0n) is 13.1. The summed E-state index contributed by atoms with van der Waals surface area (Å²) in [6, 6.07) is 11.7. The maximum Gasteiger partial charge on any atom is 0.311 e. The number of carbonyl (C=O) groups excluding carboxylic acids is 2. The highest BCUT2D eigenvalue weighted by Crippen LogP contribution is 2.25. The van der Waals surface area contributed by atoms with Crippen molar-refractivity contribution in [3.63, 3.8) is 0 Å². The fourth-order valence-electron chi connectivity index (χ4n) is 1.95. The summed E-state index contributed by atoms with van der Waals surface area (Å²) in [4.78, 5) is 23.5. The molecule has 0 amide bonds. The van der Waals surface area contributed by atoms with Gasteiger partial charge >= 0.3 is 11.9 Å². The van der Waals surface area contributed by atoms with Crippen LogP contribution in [0.1, 0.15) is 24.8 Å². The molecule has 0 bridgehead atoms. The molecular formula is C18H16Cl2O4. The Hall–Kier alpha value is -2.04. The number of carbonyl (C=O) groups is 2. The number of hydrogen-bond acceptors (Lipinski definition) is 4. The predicted molar refractivity (Wildman–Crippen MR) is 92.8 cm³/mol. The van der Waals surface area contributed by atoms with E-state index in [0.29, 0.717) is 28.0 Å². The van der Waals surface area contributed by atoms with E-state index in [2.05, 4.69) is 0 Å². The maximum absolute atomic E-state index is 11.8. The molecule has 0 fully saturated rings. The van der Waals surface area contributed by atoms with E-state index in [1.807, 2.05) is 13.0 Å². The second kappa shape index (κ2) is 8.71. The summed E-state index contributed by atoms with van der Waals surface area (Å²) < 4.78 is 10.3. The first-order chi connectivity index (χ1) is 11.4. The van der Waals surface area contributed by atoms with E-state index in [1.165, 1.54) is 0 Å². The van der Waals surface area contributed by atoms with Crippen LogP contribution in [0.15, 0.2) is 42.5 Å². The minimum atomic E-state index is -0.446. The van der Waals surface area contributed by atoms with Crippen molar-refractivity contribution in [3.8, 4) is 11.5 Å². The minimum Gasteiger partial charge on any atom is -0.426 e. The maximum atomic E-state index is 11.8. The summed E-state index contributed by atoms with van der Waals surface area (Å²) in [5, 5.41) is 0.855. The summed E-state index contributed by atoms with van der Waals surface area (Å²) in [5.74, 6) is -0.179. The fourth-order valence-corrected chi connectivity index (χ4v) is 2.29. The molecule has 4 nitrogen and oxygen atoms in total. The lowest BCUT2D eigenvalue weighted by Crippen LogP contribution is -2.11. The molecule has 0 atom stereocenters. The molecule has 0 saturated carbocycles. The van der Waals surface area contributed by atoms with Gasteiger partial charge in [-0.1, -0.05) is 35.3 Å². The van der Waals surface area contributed by atoms with Crippen molar-refractivity contribution in [2.24, 2.45) is 0 Å². The van der Waals surface area contributed by atoms with Gasteiger partial charge < -0.3 is 9.47 Å². The van der Waals surface area contributed by atoms with Crippen molar-refractivity contribution in [1.82, 2.24) is 0 Å². The SMILES string of the molecule is Cc1ccc(Cl)c(OC(=O)CCCC(=O)Oc2cccc(Cl)c2)c1. The van der Waals surface area contributed by atoms with Gasteiger partial charge in [-0.2, -0.15) is 0 Å². The second-order valence-corrected chi connectivity index (χ2v) is 6.04. The van der Waals surface area contributed by atoms with E-state index in [1.54, 1.807) is 36.4 Å². The van der Waals surface area contributed by atoms with Gasteiger partial charge in [0.05, 0.1) is 5.02 Å². The van der Waals surface area contributed by atoms with Gasteiger partial charge in [-0.3, -0.25) is 9.59 Å². The van der Waals surface area contributed by atoms with Crippen molar-refractivity contribution >= 4 is 35.1 Å². The number of aryl methyl sites for hydroxylation is 1. The van der Waals surface area contributed by atoms with E-state index in [4.69, 9.17) is 32.7 Å². The number of hydrogen-bond donors (Lipinski definition) is 0. The summed E-state index contributed by atoms with van der Waals surface area (Å²) in [6.07, 6.45) is 0.514. The molecule has 2 aromatic rings. The van der Waals surface area contributed by atoms with Gasteiger partial charge in [0.1, 0.15) is 11.5 Å². The molecule has 2 aromatic carbocycles. The van der Waals surface area contributed by atoms with Crippen LogP contribution in [0, 0.1) is 6.92 Å². The molecular weight excluding hydrogens is 351 g/mol. The molecule has 2 rings (SSSR count). The Kier molecular flexibility index (Phi) is 6.64. The van der Waals surface area contributed by atoms with Gasteiger partial charge in [-0.05, 0) is 49.2 Å². The van der Waals surface area contributed by atoms with Gasteiger partial charge in [0.2, 0.25) is 0 Å². The Balaban J connectivity index is 1.76. The van der Waals surface area contributed by atoms with Crippen LogP contribution >= 0.6 is 23.2 Å². The number of ether oxygens (including phenoxy) is 2. The van der Waals surface area contributed by atoms with Crippen LogP contribution in [0.3, 0.4) is 0 Å². The highest BCUT2D eigenvalue weighted by molar-refractivity contribution is 6.32. The molecule has 126 valence electrons. The lowest BCUT2D eigenvalue weighted by molar-refractivity contribution is -0.136. The van der Waals surface area contributed by atoms with E-state index in [-0.39, 0.29) is 12.8 Å². The van der Waals surface area contributed by atoms with Crippen LogP contribution in [-0.4, -0.2) is 11.9 Å². The highest BCUT2D eigenvalue weighted by Gasteiger charge is 2.11. The monoisotopic (exact) mass is 366 g/mol.